The molecule has 0 heterocycles. The van der Waals surface area contributed by atoms with Crippen LogP contribution in [0.15, 0.2) is 23.2 Å². The maximum Gasteiger partial charge on any atom is 0.196 e. The lowest BCUT2D eigenvalue weighted by Gasteiger charge is -2.27. The Morgan fingerprint density at radius 3 is 2.25 bits per heavy atom. The minimum atomic E-state index is -0.586. The molecule has 0 radical (unpaired) electrons. The van der Waals surface area contributed by atoms with Gasteiger partial charge in [0.1, 0.15) is 11.6 Å². The second kappa shape index (κ2) is 8.45. The van der Waals surface area contributed by atoms with E-state index in [1.807, 2.05) is 0 Å². The van der Waals surface area contributed by atoms with Crippen LogP contribution in [0.1, 0.15) is 64.2 Å². The molecule has 0 spiro atoms. The normalized spacial score (nSPS) is 20.8. The standard InChI is InChI=1S/C19H27F2N3/c20-14-11-12-18(17(21)13-14)24-19(22-15-7-3-1-4-8-15)23-16-9-5-2-6-10-16/h11-13,15-16H,1-10H2,(H2,22,23,24). The van der Waals surface area contributed by atoms with Crippen molar-refractivity contribution in [3.63, 3.8) is 0 Å². The Kier molecular flexibility index (Phi) is 6.05. The first-order valence-corrected chi connectivity index (χ1v) is 9.27. The van der Waals surface area contributed by atoms with Crippen molar-refractivity contribution in [3.05, 3.63) is 29.8 Å². The Morgan fingerprint density at radius 1 is 0.917 bits per heavy atom. The van der Waals surface area contributed by atoms with Crippen LogP contribution in [0.3, 0.4) is 0 Å². The van der Waals surface area contributed by atoms with E-state index in [1.54, 1.807) is 0 Å². The van der Waals surface area contributed by atoms with Crippen LogP contribution in [0.5, 0.6) is 0 Å². The second-order valence-electron chi connectivity index (χ2n) is 7.00. The van der Waals surface area contributed by atoms with E-state index in [2.05, 4.69) is 10.6 Å². The zero-order valence-electron chi connectivity index (χ0n) is 14.2. The van der Waals surface area contributed by atoms with Crippen LogP contribution in [-0.2, 0) is 0 Å². The van der Waals surface area contributed by atoms with E-state index in [-0.39, 0.29) is 5.69 Å². The molecule has 3 rings (SSSR count). The quantitative estimate of drug-likeness (QED) is 0.603. The number of aliphatic imine (C=N–C) groups is 1. The van der Waals surface area contributed by atoms with Crippen molar-refractivity contribution >= 4 is 11.6 Å². The van der Waals surface area contributed by atoms with E-state index < -0.39 is 11.6 Å². The zero-order valence-corrected chi connectivity index (χ0v) is 14.2. The third kappa shape index (κ3) is 4.92. The van der Waals surface area contributed by atoms with Gasteiger partial charge in [-0.05, 0) is 37.8 Å². The Morgan fingerprint density at radius 2 is 1.58 bits per heavy atom. The smallest absolute Gasteiger partial charge is 0.196 e. The van der Waals surface area contributed by atoms with Crippen LogP contribution >= 0.6 is 0 Å². The van der Waals surface area contributed by atoms with Gasteiger partial charge in [-0.1, -0.05) is 38.5 Å². The molecule has 0 bridgehead atoms. The second-order valence-corrected chi connectivity index (χ2v) is 7.00. The van der Waals surface area contributed by atoms with Crippen molar-refractivity contribution in [1.82, 2.24) is 5.32 Å². The van der Waals surface area contributed by atoms with E-state index in [0.717, 1.165) is 31.7 Å². The molecule has 2 N–H and O–H groups in total. The lowest BCUT2D eigenvalue weighted by molar-refractivity contribution is 0.408. The summed E-state index contributed by atoms with van der Waals surface area (Å²) in [5, 5.41) is 6.54. The van der Waals surface area contributed by atoms with Crippen molar-refractivity contribution < 1.29 is 8.78 Å². The molecule has 3 nitrogen and oxygen atoms in total. The van der Waals surface area contributed by atoms with E-state index in [1.165, 1.54) is 50.7 Å². The molecule has 0 saturated heterocycles. The largest absolute Gasteiger partial charge is 0.353 e. The van der Waals surface area contributed by atoms with Crippen molar-refractivity contribution in [2.45, 2.75) is 76.3 Å². The summed E-state index contributed by atoms with van der Waals surface area (Å²) in [7, 11) is 0. The van der Waals surface area contributed by atoms with Gasteiger partial charge in [-0.2, -0.15) is 0 Å². The summed E-state index contributed by atoms with van der Waals surface area (Å²) >= 11 is 0. The molecule has 2 saturated carbocycles. The summed E-state index contributed by atoms with van der Waals surface area (Å²) in [6.07, 6.45) is 11.8. The van der Waals surface area contributed by atoms with Gasteiger partial charge >= 0.3 is 0 Å². The van der Waals surface area contributed by atoms with Gasteiger partial charge in [0.2, 0.25) is 0 Å². The minimum Gasteiger partial charge on any atom is -0.353 e. The zero-order chi connectivity index (χ0) is 16.8. The average molecular weight is 335 g/mol. The molecule has 24 heavy (non-hydrogen) atoms. The predicted octanol–water partition coefficient (Wildman–Crippen LogP) is 4.99. The first kappa shape index (κ1) is 17.2. The molecule has 0 atom stereocenters. The summed E-state index contributed by atoms with van der Waals surface area (Å²) in [4.78, 5) is 4.82. The van der Waals surface area contributed by atoms with Gasteiger partial charge in [0.15, 0.2) is 5.96 Å². The number of nitrogens with zero attached hydrogens (tertiary/aromatic N) is 1. The highest BCUT2D eigenvalue weighted by molar-refractivity contribution is 5.94. The molecule has 0 aromatic heterocycles. The highest BCUT2D eigenvalue weighted by atomic mass is 19.1. The van der Waals surface area contributed by atoms with Crippen LogP contribution in [0, 0.1) is 11.6 Å². The average Bonchev–Trinajstić information content (AvgIpc) is 2.59. The van der Waals surface area contributed by atoms with Gasteiger partial charge in [-0.25, -0.2) is 13.8 Å². The third-order valence-corrected chi connectivity index (χ3v) is 5.02. The highest BCUT2D eigenvalue weighted by Crippen LogP contribution is 2.22. The van der Waals surface area contributed by atoms with Crippen LogP contribution in [0.4, 0.5) is 14.5 Å². The molecule has 5 heteroatoms. The number of nitrogens with one attached hydrogen (secondary N) is 2. The SMILES string of the molecule is Fc1ccc(NC(=NC2CCCCC2)NC2CCCCC2)c(F)c1. The van der Waals surface area contributed by atoms with Gasteiger partial charge in [0, 0.05) is 12.1 Å². The van der Waals surface area contributed by atoms with E-state index in [9.17, 15) is 8.78 Å². The van der Waals surface area contributed by atoms with Gasteiger partial charge in [0.05, 0.1) is 11.7 Å². The maximum atomic E-state index is 14.0. The van der Waals surface area contributed by atoms with Gasteiger partial charge in [0.25, 0.3) is 0 Å². The van der Waals surface area contributed by atoms with Crippen molar-refractivity contribution in [1.29, 1.82) is 0 Å². The fraction of sp³-hybridized carbons (Fsp3) is 0.632. The molecule has 1 aromatic carbocycles. The van der Waals surface area contributed by atoms with E-state index in [4.69, 9.17) is 4.99 Å². The van der Waals surface area contributed by atoms with Gasteiger partial charge in [-0.15, -0.1) is 0 Å². The Hall–Kier alpha value is -1.65. The molecule has 0 amide bonds. The fourth-order valence-corrected chi connectivity index (χ4v) is 3.66. The molecule has 132 valence electrons. The predicted molar refractivity (Wildman–Crippen MR) is 94.3 cm³/mol. The summed E-state index contributed by atoms with van der Waals surface area (Å²) in [5.41, 5.74) is 0.272. The number of rotatable bonds is 3. The monoisotopic (exact) mass is 335 g/mol. The van der Waals surface area contributed by atoms with Crippen molar-refractivity contribution in [2.75, 3.05) is 5.32 Å². The van der Waals surface area contributed by atoms with Crippen LogP contribution in [0.25, 0.3) is 0 Å². The number of hydrogen-bond acceptors (Lipinski definition) is 1. The number of benzene rings is 1. The first-order valence-electron chi connectivity index (χ1n) is 9.27. The van der Waals surface area contributed by atoms with Crippen LogP contribution in [0.2, 0.25) is 0 Å². The van der Waals surface area contributed by atoms with Crippen molar-refractivity contribution in [3.8, 4) is 0 Å². The first-order chi connectivity index (χ1) is 11.7. The lowest BCUT2D eigenvalue weighted by Crippen LogP contribution is -2.41. The summed E-state index contributed by atoms with van der Waals surface area (Å²) < 4.78 is 27.1. The summed E-state index contributed by atoms with van der Waals surface area (Å²) in [6, 6.07) is 4.28. The lowest BCUT2D eigenvalue weighted by atomic mass is 9.95. The molecule has 2 aliphatic carbocycles. The molecule has 0 unspecified atom stereocenters. The topological polar surface area (TPSA) is 36.4 Å². The van der Waals surface area contributed by atoms with Crippen LogP contribution in [-0.4, -0.2) is 18.0 Å². The summed E-state index contributed by atoms with van der Waals surface area (Å²) in [6.45, 7) is 0. The Balaban J connectivity index is 1.73. The number of hydrogen-bond donors (Lipinski definition) is 2. The molecule has 2 fully saturated rings. The van der Waals surface area contributed by atoms with Crippen molar-refractivity contribution in [2.24, 2.45) is 4.99 Å². The summed E-state index contributed by atoms with van der Waals surface area (Å²) in [5.74, 6) is -0.514. The Bertz CT molecular complexity index is 562. The van der Waals surface area contributed by atoms with E-state index >= 15 is 0 Å². The molecule has 1 aromatic rings. The highest BCUT2D eigenvalue weighted by Gasteiger charge is 2.18. The molecule has 0 aliphatic heterocycles. The molecular weight excluding hydrogens is 308 g/mol. The molecule has 2 aliphatic rings. The van der Waals surface area contributed by atoms with Crippen LogP contribution < -0.4 is 10.6 Å². The van der Waals surface area contributed by atoms with Gasteiger partial charge in [-0.3, -0.25) is 0 Å². The third-order valence-electron chi connectivity index (χ3n) is 5.02. The Labute approximate surface area is 142 Å². The van der Waals surface area contributed by atoms with Gasteiger partial charge < -0.3 is 10.6 Å². The number of anilines is 1. The maximum absolute atomic E-state index is 14.0. The number of halogens is 2. The molecular formula is C19H27F2N3. The minimum absolute atomic E-state index is 0.272. The number of guanidine groups is 1. The van der Waals surface area contributed by atoms with E-state index in [0.29, 0.717) is 18.0 Å². The fourth-order valence-electron chi connectivity index (χ4n) is 3.66.